The molecule has 3 rings (SSSR count). The predicted molar refractivity (Wildman–Crippen MR) is 125 cm³/mol. The fraction of sp³-hybridized carbons (Fsp3) is 0.391. The van der Waals surface area contributed by atoms with E-state index in [-0.39, 0.29) is 30.7 Å². The van der Waals surface area contributed by atoms with Crippen LogP contribution in [0.1, 0.15) is 37.7 Å². The molecule has 202 valence electrons. The van der Waals surface area contributed by atoms with Crippen LogP contribution in [-0.4, -0.2) is 57.8 Å². The zero-order valence-corrected chi connectivity index (χ0v) is 21.1. The van der Waals surface area contributed by atoms with Gasteiger partial charge in [-0.15, -0.1) is 0 Å². The minimum atomic E-state index is -5.07. The van der Waals surface area contributed by atoms with Crippen LogP contribution >= 0.6 is 0 Å². The van der Waals surface area contributed by atoms with Crippen LogP contribution in [0.25, 0.3) is 0 Å². The van der Waals surface area contributed by atoms with Crippen molar-refractivity contribution in [1.29, 1.82) is 0 Å². The lowest BCUT2D eigenvalue weighted by Crippen LogP contribution is -2.38. The van der Waals surface area contributed by atoms with Crippen LogP contribution in [0, 0.1) is 0 Å². The SMILES string of the molecule is O=C(O)CCC(=O)N1CCCC1CCNS(=O)(=O)c1cc(S(=O)(=O)c2ccccc2)ccc1C(F)(F)F. The summed E-state index contributed by atoms with van der Waals surface area (Å²) in [5.41, 5.74) is -1.52. The van der Waals surface area contributed by atoms with Crippen molar-refractivity contribution < 1.29 is 44.7 Å². The summed E-state index contributed by atoms with van der Waals surface area (Å²) in [6.45, 7) is 0.0517. The average molecular weight is 563 g/mol. The quantitative estimate of drug-likeness (QED) is 0.454. The second kappa shape index (κ2) is 11.2. The van der Waals surface area contributed by atoms with E-state index in [0.717, 1.165) is 0 Å². The molecule has 0 bridgehead atoms. The molecule has 0 aliphatic carbocycles. The van der Waals surface area contributed by atoms with Crippen LogP contribution in [0.2, 0.25) is 0 Å². The molecule has 2 aromatic carbocycles. The Morgan fingerprint density at radius 3 is 2.30 bits per heavy atom. The van der Waals surface area contributed by atoms with Crippen molar-refractivity contribution >= 4 is 31.7 Å². The molecule has 2 aromatic rings. The summed E-state index contributed by atoms with van der Waals surface area (Å²) >= 11 is 0. The number of benzene rings is 2. The van der Waals surface area contributed by atoms with Crippen LogP contribution < -0.4 is 4.72 Å². The molecule has 1 saturated heterocycles. The summed E-state index contributed by atoms with van der Waals surface area (Å²) in [7, 11) is -9.10. The number of alkyl halides is 3. The lowest BCUT2D eigenvalue weighted by atomic mass is 10.1. The highest BCUT2D eigenvalue weighted by molar-refractivity contribution is 7.91. The summed E-state index contributed by atoms with van der Waals surface area (Å²) in [5, 5.41) is 8.76. The first-order valence-electron chi connectivity index (χ1n) is 11.3. The van der Waals surface area contributed by atoms with Crippen LogP contribution in [0.5, 0.6) is 0 Å². The molecule has 1 amide bonds. The number of carboxylic acid groups (broad SMARTS) is 1. The molecule has 1 atom stereocenters. The number of sulfone groups is 1. The van der Waals surface area contributed by atoms with Crippen molar-refractivity contribution in [2.75, 3.05) is 13.1 Å². The maximum absolute atomic E-state index is 13.6. The number of hydrogen-bond acceptors (Lipinski definition) is 6. The number of carbonyl (C=O) groups is 2. The van der Waals surface area contributed by atoms with Gasteiger partial charge in [0.25, 0.3) is 0 Å². The Hall–Kier alpha value is -2.97. The number of nitrogens with zero attached hydrogens (tertiary/aromatic N) is 1. The predicted octanol–water partition coefficient (Wildman–Crippen LogP) is 3.06. The Morgan fingerprint density at radius 1 is 1.00 bits per heavy atom. The number of rotatable bonds is 10. The zero-order valence-electron chi connectivity index (χ0n) is 19.4. The Labute approximate surface area is 212 Å². The molecule has 37 heavy (non-hydrogen) atoms. The van der Waals surface area contributed by atoms with Gasteiger partial charge in [0.15, 0.2) is 0 Å². The largest absolute Gasteiger partial charge is 0.481 e. The number of halogens is 3. The standard InChI is InChI=1S/C23H25F3N2O7S2/c24-23(25,26)19-9-8-18(36(32,33)17-6-2-1-3-7-17)15-20(19)37(34,35)27-13-12-16-5-4-14-28(16)21(29)10-11-22(30)31/h1-3,6-9,15-16,27H,4-5,10-14H2,(H,30,31). The number of hydrogen-bond donors (Lipinski definition) is 2. The topological polar surface area (TPSA) is 138 Å². The molecular formula is C23H25F3N2O7S2. The fourth-order valence-corrected chi connectivity index (χ4v) is 6.80. The third kappa shape index (κ3) is 6.87. The van der Waals surface area contributed by atoms with E-state index in [0.29, 0.717) is 37.6 Å². The number of sulfonamides is 1. The van der Waals surface area contributed by atoms with E-state index in [4.69, 9.17) is 5.11 Å². The summed E-state index contributed by atoms with van der Waals surface area (Å²) in [6.07, 6.45) is -4.40. The molecule has 1 unspecified atom stereocenters. The van der Waals surface area contributed by atoms with Gasteiger partial charge >= 0.3 is 12.1 Å². The van der Waals surface area contributed by atoms with Crippen molar-refractivity contribution in [2.45, 2.75) is 59.0 Å². The van der Waals surface area contributed by atoms with Crippen molar-refractivity contribution in [3.63, 3.8) is 0 Å². The zero-order chi connectivity index (χ0) is 27.4. The smallest absolute Gasteiger partial charge is 0.417 e. The highest BCUT2D eigenvalue weighted by Gasteiger charge is 2.38. The first kappa shape index (κ1) is 28.6. The summed E-state index contributed by atoms with van der Waals surface area (Å²) in [4.78, 5) is 22.4. The lowest BCUT2D eigenvalue weighted by Gasteiger charge is -2.25. The lowest BCUT2D eigenvalue weighted by molar-refractivity contribution is -0.141. The maximum atomic E-state index is 13.6. The van der Waals surface area contributed by atoms with Gasteiger partial charge in [-0.25, -0.2) is 21.6 Å². The number of carbonyl (C=O) groups excluding carboxylic acids is 1. The number of amides is 1. The molecule has 1 aliphatic heterocycles. The monoisotopic (exact) mass is 562 g/mol. The molecule has 0 spiro atoms. The van der Waals surface area contributed by atoms with E-state index in [1.54, 1.807) is 6.07 Å². The van der Waals surface area contributed by atoms with Gasteiger partial charge < -0.3 is 10.0 Å². The third-order valence-electron chi connectivity index (χ3n) is 5.93. The van der Waals surface area contributed by atoms with Gasteiger partial charge in [0.1, 0.15) is 0 Å². The number of aliphatic carboxylic acids is 1. The Balaban J connectivity index is 1.82. The minimum absolute atomic E-state index is 0.0847. The Kier molecular flexibility index (Phi) is 8.65. The Bertz CT molecular complexity index is 1360. The van der Waals surface area contributed by atoms with Crippen LogP contribution in [0.4, 0.5) is 13.2 Å². The van der Waals surface area contributed by atoms with Crippen molar-refractivity contribution in [1.82, 2.24) is 9.62 Å². The van der Waals surface area contributed by atoms with Gasteiger partial charge in [-0.05, 0) is 49.6 Å². The van der Waals surface area contributed by atoms with Crippen molar-refractivity contribution in [3.8, 4) is 0 Å². The molecule has 1 fully saturated rings. The van der Waals surface area contributed by atoms with Gasteiger partial charge in [0.2, 0.25) is 25.8 Å². The highest BCUT2D eigenvalue weighted by Crippen LogP contribution is 2.36. The molecule has 1 aliphatic rings. The fourth-order valence-electron chi connectivity index (χ4n) is 4.12. The van der Waals surface area contributed by atoms with E-state index < -0.39 is 59.3 Å². The van der Waals surface area contributed by atoms with E-state index in [2.05, 4.69) is 4.72 Å². The van der Waals surface area contributed by atoms with E-state index in [9.17, 15) is 39.6 Å². The number of likely N-dealkylation sites (tertiary alicyclic amines) is 1. The molecule has 9 nitrogen and oxygen atoms in total. The van der Waals surface area contributed by atoms with Crippen molar-refractivity contribution in [3.05, 3.63) is 54.1 Å². The molecule has 0 aromatic heterocycles. The molecule has 1 heterocycles. The molecular weight excluding hydrogens is 537 g/mol. The van der Waals surface area contributed by atoms with Gasteiger partial charge in [0, 0.05) is 25.6 Å². The first-order chi connectivity index (χ1) is 17.2. The van der Waals surface area contributed by atoms with Crippen LogP contribution in [0.3, 0.4) is 0 Å². The van der Waals surface area contributed by atoms with Crippen LogP contribution in [0.15, 0.2) is 63.2 Å². The maximum Gasteiger partial charge on any atom is 0.417 e. The van der Waals surface area contributed by atoms with E-state index >= 15 is 0 Å². The summed E-state index contributed by atoms with van der Waals surface area (Å²) < 4.78 is 94.6. The average Bonchev–Trinajstić information content (AvgIpc) is 3.30. The van der Waals surface area contributed by atoms with Gasteiger partial charge in [0.05, 0.1) is 26.7 Å². The second-order valence-electron chi connectivity index (χ2n) is 8.44. The summed E-state index contributed by atoms with van der Waals surface area (Å²) in [5.74, 6) is -1.53. The number of carboxylic acids is 1. The molecule has 14 heteroatoms. The van der Waals surface area contributed by atoms with E-state index in [1.807, 2.05) is 0 Å². The van der Waals surface area contributed by atoms with Crippen LogP contribution in [-0.2, 0) is 35.6 Å². The summed E-state index contributed by atoms with van der Waals surface area (Å²) in [6, 6.07) is 8.10. The molecule has 2 N–H and O–H groups in total. The third-order valence-corrected chi connectivity index (χ3v) is 9.20. The first-order valence-corrected chi connectivity index (χ1v) is 14.2. The van der Waals surface area contributed by atoms with Gasteiger partial charge in [-0.3, -0.25) is 9.59 Å². The second-order valence-corrected chi connectivity index (χ2v) is 12.1. The number of nitrogens with one attached hydrogen (secondary N) is 1. The molecule has 0 radical (unpaired) electrons. The molecule has 0 saturated carbocycles. The highest BCUT2D eigenvalue weighted by atomic mass is 32.2. The van der Waals surface area contributed by atoms with Gasteiger partial charge in [-0.1, -0.05) is 18.2 Å². The van der Waals surface area contributed by atoms with Crippen molar-refractivity contribution in [2.24, 2.45) is 0 Å². The van der Waals surface area contributed by atoms with Gasteiger partial charge in [-0.2, -0.15) is 13.2 Å². The minimum Gasteiger partial charge on any atom is -0.481 e. The van der Waals surface area contributed by atoms with E-state index in [1.165, 1.54) is 29.2 Å². The Morgan fingerprint density at radius 2 is 1.68 bits per heavy atom. The normalized spacial score (nSPS) is 16.6.